The molecule has 1 atom stereocenters. The number of piperidine rings is 1. The van der Waals surface area contributed by atoms with Crippen LogP contribution in [-0.2, 0) is 9.59 Å². The van der Waals surface area contributed by atoms with Crippen molar-refractivity contribution >= 4 is 29.3 Å². The highest BCUT2D eigenvalue weighted by atomic mass is 16.2. The molecular weight excluding hydrogens is 346 g/mol. The molecule has 1 aromatic carbocycles. The summed E-state index contributed by atoms with van der Waals surface area (Å²) in [6.45, 7) is 1.63. The fourth-order valence-corrected chi connectivity index (χ4v) is 3.59. The zero-order valence-electron chi connectivity index (χ0n) is 14.8. The molecule has 1 aromatic heterocycles. The summed E-state index contributed by atoms with van der Waals surface area (Å²) in [5, 5.41) is 5.42. The van der Waals surface area contributed by atoms with E-state index in [1.807, 2.05) is 11.0 Å². The van der Waals surface area contributed by atoms with Gasteiger partial charge in [0, 0.05) is 25.2 Å². The predicted octanol–water partition coefficient (Wildman–Crippen LogP) is 1.82. The minimum atomic E-state index is -0.874. The third-order valence-corrected chi connectivity index (χ3v) is 4.95. The van der Waals surface area contributed by atoms with Crippen molar-refractivity contribution in [2.75, 3.05) is 28.6 Å². The van der Waals surface area contributed by atoms with Gasteiger partial charge in [-0.1, -0.05) is 18.2 Å². The third kappa shape index (κ3) is 3.55. The van der Waals surface area contributed by atoms with Crippen LogP contribution in [0.5, 0.6) is 0 Å². The Morgan fingerprint density at radius 3 is 2.59 bits per heavy atom. The topological polar surface area (TPSA) is 107 Å². The maximum Gasteiger partial charge on any atom is 0.258 e. The quantitative estimate of drug-likeness (QED) is 0.767. The van der Waals surface area contributed by atoms with Crippen LogP contribution in [0.15, 0.2) is 35.1 Å². The Morgan fingerprint density at radius 2 is 1.85 bits per heavy atom. The molecule has 2 aliphatic heterocycles. The fourth-order valence-electron chi connectivity index (χ4n) is 3.59. The van der Waals surface area contributed by atoms with E-state index >= 15 is 0 Å². The first-order valence-corrected chi connectivity index (χ1v) is 9.17. The number of carbonyl (C=O) groups excluding carboxylic acids is 2. The van der Waals surface area contributed by atoms with Gasteiger partial charge in [-0.15, -0.1) is 0 Å². The number of benzene rings is 1. The number of hydrogen-bond acceptors (Lipinski definition) is 5. The van der Waals surface area contributed by atoms with E-state index in [1.54, 1.807) is 24.3 Å². The minimum Gasteiger partial charge on any atom is -0.342 e. The molecule has 2 amide bonds. The number of amides is 2. The summed E-state index contributed by atoms with van der Waals surface area (Å²) in [7, 11) is 0. The number of para-hydroxylation sites is 1. The monoisotopic (exact) mass is 367 g/mol. The number of hydrogen-bond donors (Lipinski definition) is 3. The zero-order chi connectivity index (χ0) is 18.8. The molecule has 0 unspecified atom stereocenters. The van der Waals surface area contributed by atoms with Crippen molar-refractivity contribution in [3.05, 3.63) is 46.2 Å². The van der Waals surface area contributed by atoms with E-state index in [2.05, 4.69) is 20.6 Å². The molecule has 8 heteroatoms. The van der Waals surface area contributed by atoms with Gasteiger partial charge in [-0.3, -0.25) is 19.4 Å². The van der Waals surface area contributed by atoms with Gasteiger partial charge < -0.3 is 15.5 Å². The Kier molecular flexibility index (Phi) is 4.62. The van der Waals surface area contributed by atoms with Crippen molar-refractivity contribution in [2.45, 2.75) is 31.6 Å². The standard InChI is InChI=1S/C19H21N5O3/c25-14-11-13(17(26)20-12-7-3-1-4-8-12)15-16(21-14)22-19(23-18(15)27)24-9-5-2-6-10-24/h1,3-4,7-8,13H,2,5-6,9-11H2,(H,20,26)(H2,21,22,23,25,27)/t13-/m0/s1. The number of fused-ring (bicyclic) bond motifs is 1. The van der Waals surface area contributed by atoms with Crippen LogP contribution in [0.25, 0.3) is 0 Å². The lowest BCUT2D eigenvalue weighted by atomic mass is 9.92. The van der Waals surface area contributed by atoms with E-state index in [0.717, 1.165) is 32.4 Å². The van der Waals surface area contributed by atoms with Crippen LogP contribution in [0.1, 0.15) is 37.2 Å². The normalized spacial score (nSPS) is 19.2. The summed E-state index contributed by atoms with van der Waals surface area (Å²) in [5.74, 6) is -0.957. The number of H-pyrrole nitrogens is 1. The van der Waals surface area contributed by atoms with Gasteiger partial charge in [0.05, 0.1) is 11.5 Å². The van der Waals surface area contributed by atoms with Crippen LogP contribution in [0.2, 0.25) is 0 Å². The Bertz CT molecular complexity index is 919. The summed E-state index contributed by atoms with van der Waals surface area (Å²) in [6, 6.07) is 8.95. The van der Waals surface area contributed by atoms with Crippen LogP contribution < -0.4 is 21.1 Å². The molecule has 8 nitrogen and oxygen atoms in total. The number of nitrogens with zero attached hydrogens (tertiary/aromatic N) is 2. The number of carbonyl (C=O) groups is 2. The molecule has 1 fully saturated rings. The van der Waals surface area contributed by atoms with Crippen molar-refractivity contribution in [2.24, 2.45) is 0 Å². The first kappa shape index (κ1) is 17.3. The summed E-state index contributed by atoms with van der Waals surface area (Å²) >= 11 is 0. The Hall–Kier alpha value is -3.16. The maximum absolute atomic E-state index is 12.7. The van der Waals surface area contributed by atoms with Crippen molar-refractivity contribution in [3.63, 3.8) is 0 Å². The third-order valence-electron chi connectivity index (χ3n) is 4.95. The number of aromatic amines is 1. The zero-order valence-corrected chi connectivity index (χ0v) is 14.8. The van der Waals surface area contributed by atoms with Crippen LogP contribution in [-0.4, -0.2) is 34.9 Å². The molecule has 2 aromatic rings. The van der Waals surface area contributed by atoms with E-state index in [4.69, 9.17) is 0 Å². The van der Waals surface area contributed by atoms with E-state index in [1.165, 1.54) is 0 Å². The number of nitrogens with one attached hydrogen (secondary N) is 3. The summed E-state index contributed by atoms with van der Waals surface area (Å²) < 4.78 is 0. The molecule has 4 rings (SSSR count). The second-order valence-corrected chi connectivity index (χ2v) is 6.86. The van der Waals surface area contributed by atoms with E-state index in [-0.39, 0.29) is 29.3 Å². The summed E-state index contributed by atoms with van der Waals surface area (Å²) in [4.78, 5) is 46.9. The van der Waals surface area contributed by atoms with Gasteiger partial charge in [0.25, 0.3) is 5.56 Å². The number of aromatic nitrogens is 2. The van der Waals surface area contributed by atoms with Crippen LogP contribution >= 0.6 is 0 Å². The number of rotatable bonds is 3. The molecule has 1 saturated heterocycles. The molecule has 0 aliphatic carbocycles. The van der Waals surface area contributed by atoms with Gasteiger partial charge in [0.1, 0.15) is 5.82 Å². The van der Waals surface area contributed by atoms with Gasteiger partial charge in [-0.05, 0) is 31.4 Å². The Labute approximate surface area is 156 Å². The van der Waals surface area contributed by atoms with Crippen LogP contribution in [0.3, 0.4) is 0 Å². The molecule has 3 heterocycles. The van der Waals surface area contributed by atoms with Crippen molar-refractivity contribution in [1.29, 1.82) is 0 Å². The predicted molar refractivity (Wildman–Crippen MR) is 102 cm³/mol. The van der Waals surface area contributed by atoms with Gasteiger partial charge in [-0.2, -0.15) is 4.98 Å². The SMILES string of the molecule is O=C1C[C@H](C(=O)Nc2ccccc2)c2c(nc(N3CCCCC3)[nH]c2=O)N1. The van der Waals surface area contributed by atoms with Crippen molar-refractivity contribution in [3.8, 4) is 0 Å². The molecule has 140 valence electrons. The summed E-state index contributed by atoms with van der Waals surface area (Å²) in [5.41, 5.74) is 0.446. The van der Waals surface area contributed by atoms with Gasteiger partial charge >= 0.3 is 0 Å². The molecule has 0 spiro atoms. The molecular formula is C19H21N5O3. The first-order chi connectivity index (χ1) is 13.1. The molecule has 2 aliphatic rings. The first-order valence-electron chi connectivity index (χ1n) is 9.17. The molecule has 0 saturated carbocycles. The highest BCUT2D eigenvalue weighted by Gasteiger charge is 2.35. The van der Waals surface area contributed by atoms with Crippen molar-refractivity contribution < 1.29 is 9.59 Å². The van der Waals surface area contributed by atoms with E-state index < -0.39 is 11.8 Å². The second-order valence-electron chi connectivity index (χ2n) is 6.86. The van der Waals surface area contributed by atoms with Gasteiger partial charge in [0.15, 0.2) is 0 Å². The average molecular weight is 367 g/mol. The van der Waals surface area contributed by atoms with Gasteiger partial charge in [-0.25, -0.2) is 0 Å². The Morgan fingerprint density at radius 1 is 1.11 bits per heavy atom. The Balaban J connectivity index is 1.66. The largest absolute Gasteiger partial charge is 0.342 e. The average Bonchev–Trinajstić information content (AvgIpc) is 2.68. The lowest BCUT2D eigenvalue weighted by molar-refractivity contribution is -0.123. The van der Waals surface area contributed by atoms with Crippen molar-refractivity contribution in [1.82, 2.24) is 9.97 Å². The lowest BCUT2D eigenvalue weighted by Crippen LogP contribution is -2.38. The van der Waals surface area contributed by atoms with Crippen LogP contribution in [0, 0.1) is 0 Å². The highest BCUT2D eigenvalue weighted by molar-refractivity contribution is 6.04. The molecule has 0 bridgehead atoms. The second kappa shape index (κ2) is 7.22. The maximum atomic E-state index is 12.7. The minimum absolute atomic E-state index is 0.0838. The van der Waals surface area contributed by atoms with E-state index in [0.29, 0.717) is 11.6 Å². The smallest absolute Gasteiger partial charge is 0.258 e. The highest BCUT2D eigenvalue weighted by Crippen LogP contribution is 2.30. The van der Waals surface area contributed by atoms with Gasteiger partial charge in [0.2, 0.25) is 17.8 Å². The molecule has 27 heavy (non-hydrogen) atoms. The summed E-state index contributed by atoms with van der Waals surface area (Å²) in [6.07, 6.45) is 3.15. The lowest BCUT2D eigenvalue weighted by Gasteiger charge is -2.29. The number of anilines is 3. The molecule has 3 N–H and O–H groups in total. The van der Waals surface area contributed by atoms with E-state index in [9.17, 15) is 14.4 Å². The van der Waals surface area contributed by atoms with Crippen LogP contribution in [0.4, 0.5) is 17.5 Å². The fraction of sp³-hybridized carbons (Fsp3) is 0.368. The molecule has 0 radical (unpaired) electrons.